The minimum atomic E-state index is -4.11. The number of hydrogen-bond acceptors (Lipinski definition) is 4. The van der Waals surface area contributed by atoms with Gasteiger partial charge in [0.2, 0.25) is 0 Å². The van der Waals surface area contributed by atoms with Gasteiger partial charge in [-0.15, -0.1) is 0 Å². The van der Waals surface area contributed by atoms with Gasteiger partial charge in [0.1, 0.15) is 16.8 Å². The van der Waals surface area contributed by atoms with Crippen LogP contribution in [0, 0.1) is 24.4 Å². The summed E-state index contributed by atoms with van der Waals surface area (Å²) in [5, 5.41) is -1.80. The van der Waals surface area contributed by atoms with Crippen molar-refractivity contribution in [1.29, 1.82) is 0 Å². The van der Waals surface area contributed by atoms with Crippen LogP contribution in [-0.2, 0) is 9.84 Å². The Hall–Kier alpha value is -2.42. The Morgan fingerprint density at radius 1 is 1.22 bits per heavy atom. The molecule has 1 heterocycles. The molecule has 1 amide bonds. The van der Waals surface area contributed by atoms with E-state index in [1.807, 2.05) is 0 Å². The van der Waals surface area contributed by atoms with Crippen molar-refractivity contribution >= 4 is 15.7 Å². The summed E-state index contributed by atoms with van der Waals surface area (Å²) in [5.41, 5.74) is 4.33. The Labute approximate surface area is 155 Å². The molecule has 2 N–H and O–H groups in total. The lowest BCUT2D eigenvalue weighted by Crippen LogP contribution is -2.23. The van der Waals surface area contributed by atoms with Gasteiger partial charge in [-0.25, -0.2) is 21.6 Å². The summed E-state index contributed by atoms with van der Waals surface area (Å²) in [6.45, 7) is 3.23. The van der Waals surface area contributed by atoms with E-state index in [1.165, 1.54) is 13.0 Å². The van der Waals surface area contributed by atoms with E-state index in [-0.39, 0.29) is 29.0 Å². The second-order valence-electron chi connectivity index (χ2n) is 6.15. The quantitative estimate of drug-likeness (QED) is 0.723. The van der Waals surface area contributed by atoms with E-state index in [1.54, 1.807) is 6.92 Å². The van der Waals surface area contributed by atoms with E-state index in [0.29, 0.717) is 18.6 Å². The molecular weight excluding hydrogens is 381 g/mol. The van der Waals surface area contributed by atoms with E-state index in [4.69, 9.17) is 5.73 Å². The predicted molar refractivity (Wildman–Crippen MR) is 94.3 cm³/mol. The molecular formula is C18H19F3N2O3S. The van der Waals surface area contributed by atoms with Crippen molar-refractivity contribution in [2.75, 3.05) is 5.75 Å². The second-order valence-corrected chi connectivity index (χ2v) is 8.35. The van der Waals surface area contributed by atoms with Crippen LogP contribution in [0.2, 0.25) is 0 Å². The second kappa shape index (κ2) is 8.08. The van der Waals surface area contributed by atoms with Gasteiger partial charge in [0.15, 0.2) is 21.5 Å². The average molecular weight is 400 g/mol. The van der Waals surface area contributed by atoms with Crippen LogP contribution in [0.3, 0.4) is 0 Å². The molecule has 1 unspecified atom stereocenters. The van der Waals surface area contributed by atoms with Gasteiger partial charge in [0, 0.05) is 11.8 Å². The molecule has 1 atom stereocenters. The highest BCUT2D eigenvalue weighted by Gasteiger charge is 2.36. The largest absolute Gasteiger partial charge is 0.364 e. The average Bonchev–Trinajstić information content (AvgIpc) is 2.60. The lowest BCUT2D eigenvalue weighted by atomic mass is 10.00. The van der Waals surface area contributed by atoms with Crippen molar-refractivity contribution in [3.63, 3.8) is 0 Å². The zero-order valence-electron chi connectivity index (χ0n) is 14.8. The van der Waals surface area contributed by atoms with Crippen LogP contribution in [-0.4, -0.2) is 25.1 Å². The molecule has 0 saturated heterocycles. The topological polar surface area (TPSA) is 90.1 Å². The van der Waals surface area contributed by atoms with Gasteiger partial charge in [-0.1, -0.05) is 13.3 Å². The van der Waals surface area contributed by atoms with Crippen LogP contribution in [0.15, 0.2) is 24.4 Å². The molecule has 0 spiro atoms. The maximum atomic E-state index is 14.4. The van der Waals surface area contributed by atoms with Gasteiger partial charge < -0.3 is 5.73 Å². The third-order valence-electron chi connectivity index (χ3n) is 4.17. The lowest BCUT2D eigenvalue weighted by molar-refractivity contribution is 0.0995. The van der Waals surface area contributed by atoms with Gasteiger partial charge in [-0.05, 0) is 42.7 Å². The van der Waals surface area contributed by atoms with E-state index < -0.39 is 44.0 Å². The van der Waals surface area contributed by atoms with Crippen LogP contribution in [0.1, 0.15) is 52.2 Å². The summed E-state index contributed by atoms with van der Waals surface area (Å²) < 4.78 is 68.3. The fourth-order valence-corrected chi connectivity index (χ4v) is 4.89. The van der Waals surface area contributed by atoms with Crippen LogP contribution in [0.5, 0.6) is 0 Å². The number of pyridine rings is 1. The molecule has 9 heteroatoms. The number of halogens is 3. The van der Waals surface area contributed by atoms with E-state index in [9.17, 15) is 26.4 Å². The number of aryl methyl sites for hydroxylation is 1. The Morgan fingerprint density at radius 2 is 1.85 bits per heavy atom. The number of rotatable bonds is 7. The molecule has 0 radical (unpaired) electrons. The molecule has 1 aromatic carbocycles. The van der Waals surface area contributed by atoms with Crippen molar-refractivity contribution in [1.82, 2.24) is 4.98 Å². The Morgan fingerprint density at radius 3 is 2.41 bits per heavy atom. The van der Waals surface area contributed by atoms with Crippen molar-refractivity contribution in [3.05, 3.63) is 64.2 Å². The van der Waals surface area contributed by atoms with E-state index in [2.05, 4.69) is 4.98 Å². The first-order valence-corrected chi connectivity index (χ1v) is 9.93. The van der Waals surface area contributed by atoms with E-state index in [0.717, 1.165) is 6.20 Å². The van der Waals surface area contributed by atoms with Gasteiger partial charge >= 0.3 is 0 Å². The Bertz CT molecular complexity index is 978. The molecule has 2 aromatic rings. The number of nitrogens with two attached hydrogens (primary N) is 1. The lowest BCUT2D eigenvalue weighted by Gasteiger charge is -2.21. The SMILES string of the molecule is CCCCS(=O)(=O)C(c1cnc(C(N)=O)cc1C)c1c(F)ccc(F)c1F. The highest BCUT2D eigenvalue weighted by Crippen LogP contribution is 2.37. The minimum absolute atomic E-state index is 0.0421. The van der Waals surface area contributed by atoms with Crippen LogP contribution in [0.4, 0.5) is 13.2 Å². The number of hydrogen-bond donors (Lipinski definition) is 1. The number of unbranched alkanes of at least 4 members (excludes halogenated alkanes) is 1. The number of aromatic nitrogens is 1. The molecule has 1 aromatic heterocycles. The van der Waals surface area contributed by atoms with Crippen LogP contribution < -0.4 is 5.73 Å². The van der Waals surface area contributed by atoms with Crippen LogP contribution in [0.25, 0.3) is 0 Å². The first-order valence-electron chi connectivity index (χ1n) is 8.21. The third kappa shape index (κ3) is 4.29. The van der Waals surface area contributed by atoms with Crippen LogP contribution >= 0.6 is 0 Å². The Kier molecular flexibility index (Phi) is 6.25. The standard InChI is InChI=1S/C18H19F3N2O3S/c1-3-4-7-27(25,26)17(15-12(19)5-6-13(20)16(15)21)11-9-23-14(18(22)24)8-10(11)2/h5-6,8-9,17H,3-4,7H2,1-2H3,(H2,22,24). The number of sulfone groups is 1. The molecule has 0 bridgehead atoms. The number of primary amides is 1. The molecule has 0 aliphatic heterocycles. The maximum Gasteiger partial charge on any atom is 0.267 e. The van der Waals surface area contributed by atoms with E-state index >= 15 is 0 Å². The zero-order chi connectivity index (χ0) is 20.4. The summed E-state index contributed by atoms with van der Waals surface area (Å²) in [5.74, 6) is -5.30. The third-order valence-corrected chi connectivity index (χ3v) is 6.23. The van der Waals surface area contributed by atoms with Crippen molar-refractivity contribution in [2.45, 2.75) is 31.9 Å². The highest BCUT2D eigenvalue weighted by molar-refractivity contribution is 7.91. The summed E-state index contributed by atoms with van der Waals surface area (Å²) in [6.07, 6.45) is 1.84. The summed E-state index contributed by atoms with van der Waals surface area (Å²) in [7, 11) is -4.11. The molecule has 0 aliphatic rings. The molecule has 27 heavy (non-hydrogen) atoms. The molecule has 0 fully saturated rings. The maximum absolute atomic E-state index is 14.4. The van der Waals surface area contributed by atoms with Crippen molar-refractivity contribution in [2.24, 2.45) is 5.73 Å². The molecule has 0 aliphatic carbocycles. The normalized spacial score (nSPS) is 12.8. The number of carbonyl (C=O) groups excluding carboxylic acids is 1. The summed E-state index contributed by atoms with van der Waals surface area (Å²) >= 11 is 0. The van der Waals surface area contributed by atoms with Gasteiger partial charge in [0.05, 0.1) is 5.75 Å². The van der Waals surface area contributed by atoms with Crippen molar-refractivity contribution in [3.8, 4) is 0 Å². The Balaban J connectivity index is 2.77. The zero-order valence-corrected chi connectivity index (χ0v) is 15.6. The monoisotopic (exact) mass is 400 g/mol. The first kappa shape index (κ1) is 20.9. The predicted octanol–water partition coefficient (Wildman–Crippen LogP) is 3.21. The first-order chi connectivity index (χ1) is 12.6. The summed E-state index contributed by atoms with van der Waals surface area (Å²) in [4.78, 5) is 15.1. The smallest absolute Gasteiger partial charge is 0.267 e. The number of nitrogens with zero attached hydrogens (tertiary/aromatic N) is 1. The number of amides is 1. The fourth-order valence-electron chi connectivity index (χ4n) is 2.75. The minimum Gasteiger partial charge on any atom is -0.364 e. The molecule has 0 saturated carbocycles. The van der Waals surface area contributed by atoms with Gasteiger partial charge in [-0.2, -0.15) is 0 Å². The number of benzene rings is 1. The van der Waals surface area contributed by atoms with Crippen molar-refractivity contribution < 1.29 is 26.4 Å². The van der Waals surface area contributed by atoms with Gasteiger partial charge in [-0.3, -0.25) is 9.78 Å². The molecule has 2 rings (SSSR count). The molecule has 146 valence electrons. The molecule has 5 nitrogen and oxygen atoms in total. The summed E-state index contributed by atoms with van der Waals surface area (Å²) in [6, 6.07) is 2.50. The van der Waals surface area contributed by atoms with Gasteiger partial charge in [0.25, 0.3) is 5.91 Å². The highest BCUT2D eigenvalue weighted by atomic mass is 32.2. The fraction of sp³-hybridized carbons (Fsp3) is 0.333. The number of carbonyl (C=O) groups is 1.